The van der Waals surface area contributed by atoms with Crippen molar-refractivity contribution in [3.05, 3.63) is 96.4 Å². The lowest BCUT2D eigenvalue weighted by Crippen LogP contribution is -2.22. The summed E-state index contributed by atoms with van der Waals surface area (Å²) in [6.07, 6.45) is 20.6. The topological polar surface area (TPSA) is 29.3 Å². The molecule has 2 aliphatic carbocycles. The van der Waals surface area contributed by atoms with Gasteiger partial charge in [-0.2, -0.15) is 0 Å². The lowest BCUT2D eigenvalue weighted by molar-refractivity contribution is 0.903. The van der Waals surface area contributed by atoms with Gasteiger partial charge >= 0.3 is 0 Å². The number of rotatable bonds is 3. The average Bonchev–Trinajstić information content (AvgIpc) is 2.93. The summed E-state index contributed by atoms with van der Waals surface area (Å²) in [5, 5.41) is 2.28. The number of benzene rings is 2. The Morgan fingerprint density at radius 2 is 1.68 bits per heavy atom. The highest BCUT2D eigenvalue weighted by molar-refractivity contribution is 6.02. The Balaban J connectivity index is 1.94. The molecular weight excluding hydrogens is 304 g/mol. The van der Waals surface area contributed by atoms with Gasteiger partial charge in [-0.25, -0.2) is 0 Å². The van der Waals surface area contributed by atoms with Crippen LogP contribution in [0.1, 0.15) is 19.3 Å². The molecule has 2 aromatic carbocycles. The fourth-order valence-electron chi connectivity index (χ4n) is 3.47. The Kier molecular flexibility index (Phi) is 4.26. The molecule has 0 atom stereocenters. The lowest BCUT2D eigenvalue weighted by atomic mass is 10.0. The molecule has 0 radical (unpaired) electrons. The lowest BCUT2D eigenvalue weighted by Gasteiger charge is -2.30. The van der Waals surface area contributed by atoms with Crippen LogP contribution in [0.2, 0.25) is 0 Å². The van der Waals surface area contributed by atoms with E-state index in [4.69, 9.17) is 5.73 Å². The molecule has 0 saturated carbocycles. The quantitative estimate of drug-likeness (QED) is 0.716. The molecule has 2 nitrogen and oxygen atoms in total. The summed E-state index contributed by atoms with van der Waals surface area (Å²) in [5.74, 6) is 0. The molecule has 0 heterocycles. The van der Waals surface area contributed by atoms with Crippen LogP contribution in [0.25, 0.3) is 10.8 Å². The van der Waals surface area contributed by atoms with Crippen LogP contribution in [0, 0.1) is 0 Å². The van der Waals surface area contributed by atoms with E-state index >= 15 is 0 Å². The molecule has 0 aromatic heterocycles. The number of nitrogens with two attached hydrogens (primary N) is 1. The van der Waals surface area contributed by atoms with Crippen molar-refractivity contribution in [1.29, 1.82) is 0 Å². The third-order valence-corrected chi connectivity index (χ3v) is 4.67. The minimum Gasteiger partial charge on any atom is -0.398 e. The van der Waals surface area contributed by atoms with E-state index in [1.54, 1.807) is 0 Å². The maximum atomic E-state index is 6.22. The molecule has 2 heteroatoms. The first-order valence-corrected chi connectivity index (χ1v) is 8.81. The first-order valence-electron chi connectivity index (χ1n) is 8.81. The van der Waals surface area contributed by atoms with Gasteiger partial charge in [0.1, 0.15) is 0 Å². The van der Waals surface area contributed by atoms with Gasteiger partial charge in [-0.15, -0.1) is 0 Å². The molecule has 0 bridgehead atoms. The Labute approximate surface area is 148 Å². The van der Waals surface area contributed by atoms with E-state index in [2.05, 4.69) is 77.8 Å². The van der Waals surface area contributed by atoms with E-state index in [1.807, 2.05) is 12.1 Å². The molecule has 0 fully saturated rings. The van der Waals surface area contributed by atoms with E-state index < -0.39 is 0 Å². The molecule has 0 aliphatic heterocycles. The van der Waals surface area contributed by atoms with E-state index in [1.165, 1.54) is 22.5 Å². The number of nitrogen functional groups attached to an aromatic ring is 1. The minimum atomic E-state index is 0.821. The van der Waals surface area contributed by atoms with Gasteiger partial charge in [-0.3, -0.25) is 0 Å². The Morgan fingerprint density at radius 3 is 2.56 bits per heavy atom. The highest BCUT2D eigenvalue weighted by atomic mass is 15.2. The minimum absolute atomic E-state index is 0.821. The summed E-state index contributed by atoms with van der Waals surface area (Å²) in [6.45, 7) is 0. The van der Waals surface area contributed by atoms with Gasteiger partial charge in [-0.1, -0.05) is 54.6 Å². The highest BCUT2D eigenvalue weighted by Crippen LogP contribution is 2.36. The van der Waals surface area contributed by atoms with Gasteiger partial charge in [0.05, 0.1) is 5.69 Å². The van der Waals surface area contributed by atoms with Crippen LogP contribution >= 0.6 is 0 Å². The molecule has 0 saturated heterocycles. The summed E-state index contributed by atoms with van der Waals surface area (Å²) in [6, 6.07) is 12.5. The number of hydrogen-bond donors (Lipinski definition) is 1. The van der Waals surface area contributed by atoms with Crippen molar-refractivity contribution in [3.8, 4) is 0 Å². The molecule has 124 valence electrons. The third kappa shape index (κ3) is 3.03. The molecule has 4 rings (SSSR count). The molecule has 2 aromatic rings. The van der Waals surface area contributed by atoms with Gasteiger partial charge in [-0.05, 0) is 49.6 Å². The van der Waals surface area contributed by atoms with Crippen LogP contribution in [0.4, 0.5) is 11.4 Å². The normalized spacial score (nSPS) is 16.5. The molecule has 2 N–H and O–H groups in total. The zero-order chi connectivity index (χ0) is 17.1. The second-order valence-electron chi connectivity index (χ2n) is 6.34. The summed E-state index contributed by atoms with van der Waals surface area (Å²) in [5.41, 5.74) is 10.7. The van der Waals surface area contributed by atoms with E-state index in [0.29, 0.717) is 0 Å². The first kappa shape index (κ1) is 15.5. The van der Waals surface area contributed by atoms with Crippen molar-refractivity contribution in [2.45, 2.75) is 19.3 Å². The predicted octanol–water partition coefficient (Wildman–Crippen LogP) is 5.86. The number of allylic oxidation sites excluding steroid dienone is 9. The molecule has 2 aliphatic rings. The summed E-state index contributed by atoms with van der Waals surface area (Å²) < 4.78 is 0. The van der Waals surface area contributed by atoms with Crippen molar-refractivity contribution in [2.75, 3.05) is 10.6 Å². The largest absolute Gasteiger partial charge is 0.398 e. The number of fused-ring (bicyclic) bond motifs is 1. The van der Waals surface area contributed by atoms with E-state index in [0.717, 1.165) is 30.3 Å². The van der Waals surface area contributed by atoms with Crippen LogP contribution in [0.15, 0.2) is 96.4 Å². The summed E-state index contributed by atoms with van der Waals surface area (Å²) in [7, 11) is 0. The molecule has 0 amide bonds. The van der Waals surface area contributed by atoms with Crippen LogP contribution in [-0.2, 0) is 0 Å². The van der Waals surface area contributed by atoms with Crippen LogP contribution < -0.4 is 10.6 Å². The Bertz CT molecular complexity index is 942. The summed E-state index contributed by atoms with van der Waals surface area (Å²) >= 11 is 0. The highest BCUT2D eigenvalue weighted by Gasteiger charge is 2.18. The van der Waals surface area contributed by atoms with Crippen molar-refractivity contribution in [1.82, 2.24) is 0 Å². The number of hydrogen-bond acceptors (Lipinski definition) is 2. The number of nitrogens with zero attached hydrogens (tertiary/aromatic N) is 1. The molecule has 0 spiro atoms. The van der Waals surface area contributed by atoms with E-state index in [9.17, 15) is 0 Å². The zero-order valence-electron chi connectivity index (χ0n) is 14.2. The SMILES string of the molecule is Nc1cccc2c(N(C3=CC=CCC=C3)C3=CC=CCC3)cccc12. The van der Waals surface area contributed by atoms with Crippen molar-refractivity contribution >= 4 is 22.1 Å². The monoisotopic (exact) mass is 326 g/mol. The molecule has 0 unspecified atom stereocenters. The molecule has 25 heavy (non-hydrogen) atoms. The molecular formula is C23H22N2. The maximum absolute atomic E-state index is 6.22. The van der Waals surface area contributed by atoms with E-state index in [-0.39, 0.29) is 0 Å². The van der Waals surface area contributed by atoms with Crippen LogP contribution in [0.5, 0.6) is 0 Å². The predicted molar refractivity (Wildman–Crippen MR) is 108 cm³/mol. The second-order valence-corrected chi connectivity index (χ2v) is 6.34. The average molecular weight is 326 g/mol. The first-order chi connectivity index (χ1) is 12.3. The Hall–Kier alpha value is -3.00. The van der Waals surface area contributed by atoms with Crippen molar-refractivity contribution < 1.29 is 0 Å². The van der Waals surface area contributed by atoms with Crippen LogP contribution in [0.3, 0.4) is 0 Å². The van der Waals surface area contributed by atoms with Gasteiger partial charge in [0.2, 0.25) is 0 Å². The van der Waals surface area contributed by atoms with Gasteiger partial charge in [0.25, 0.3) is 0 Å². The number of anilines is 2. The smallest absolute Gasteiger partial charge is 0.0537 e. The zero-order valence-corrected chi connectivity index (χ0v) is 14.2. The third-order valence-electron chi connectivity index (χ3n) is 4.67. The van der Waals surface area contributed by atoms with Crippen LogP contribution in [-0.4, -0.2) is 0 Å². The van der Waals surface area contributed by atoms with Gasteiger partial charge < -0.3 is 10.6 Å². The fraction of sp³-hybridized carbons (Fsp3) is 0.130. The van der Waals surface area contributed by atoms with Crippen molar-refractivity contribution in [3.63, 3.8) is 0 Å². The van der Waals surface area contributed by atoms with Crippen molar-refractivity contribution in [2.24, 2.45) is 0 Å². The Morgan fingerprint density at radius 1 is 0.840 bits per heavy atom. The second kappa shape index (κ2) is 6.86. The maximum Gasteiger partial charge on any atom is 0.0537 e. The van der Waals surface area contributed by atoms with Gasteiger partial charge in [0, 0.05) is 27.9 Å². The van der Waals surface area contributed by atoms with Gasteiger partial charge in [0.15, 0.2) is 0 Å². The summed E-state index contributed by atoms with van der Waals surface area (Å²) in [4.78, 5) is 2.37. The fourth-order valence-corrected chi connectivity index (χ4v) is 3.47. The standard InChI is InChI=1S/C23H22N2/c24-22-16-8-15-21-20(22)14-9-17-23(21)25(19-12-6-3-7-13-19)18-10-4-1-2-5-11-18/h1,3-6,8-12,14-17H,2,7,13,24H2.